The van der Waals surface area contributed by atoms with Crippen LogP contribution in [-0.4, -0.2) is 43.3 Å². The van der Waals surface area contributed by atoms with E-state index in [2.05, 4.69) is 27.8 Å². The van der Waals surface area contributed by atoms with Crippen molar-refractivity contribution in [1.29, 1.82) is 0 Å². The molecule has 5 nitrogen and oxygen atoms in total. The van der Waals surface area contributed by atoms with Gasteiger partial charge in [0.2, 0.25) is 5.91 Å². The summed E-state index contributed by atoms with van der Waals surface area (Å²) in [5.41, 5.74) is -0.587. The monoisotopic (exact) mass is 412 g/mol. The summed E-state index contributed by atoms with van der Waals surface area (Å²) >= 11 is 0. The van der Waals surface area contributed by atoms with Crippen LogP contribution in [0, 0.1) is 11.8 Å². The smallest absolute Gasteiger partial charge is 0.352 e. The van der Waals surface area contributed by atoms with Crippen molar-refractivity contribution in [2.45, 2.75) is 57.7 Å². The van der Waals surface area contributed by atoms with E-state index in [0.29, 0.717) is 18.2 Å². The number of carbonyl (C=O) groups excluding carboxylic acids is 1. The molecule has 0 saturated carbocycles. The molecule has 3 unspecified atom stereocenters. The number of hydrogen-bond acceptors (Lipinski definition) is 4. The van der Waals surface area contributed by atoms with E-state index < -0.39 is 11.7 Å². The summed E-state index contributed by atoms with van der Waals surface area (Å²) in [5, 5.41) is 9.63. The molecule has 0 radical (unpaired) electrons. The Bertz CT molecular complexity index is 689. The third-order valence-corrected chi connectivity index (χ3v) is 6.12. The number of benzene rings is 1. The molecule has 3 N–H and O–H groups in total. The molecular formula is C21H31F3N4O. The summed E-state index contributed by atoms with van der Waals surface area (Å²) in [4.78, 5) is 14.9. The van der Waals surface area contributed by atoms with Gasteiger partial charge in [0.15, 0.2) is 0 Å². The third-order valence-electron chi connectivity index (χ3n) is 6.12. The second kappa shape index (κ2) is 9.45. The summed E-state index contributed by atoms with van der Waals surface area (Å²) in [6.07, 6.45) is -0.166. The summed E-state index contributed by atoms with van der Waals surface area (Å²) in [6.45, 7) is 3.80. The van der Waals surface area contributed by atoms with Crippen LogP contribution in [0.4, 0.5) is 13.2 Å². The van der Waals surface area contributed by atoms with Gasteiger partial charge in [-0.1, -0.05) is 25.1 Å². The van der Waals surface area contributed by atoms with Gasteiger partial charge in [-0.15, -0.1) is 0 Å². The highest BCUT2D eigenvalue weighted by Gasteiger charge is 2.34. The van der Waals surface area contributed by atoms with E-state index >= 15 is 0 Å². The molecule has 3 atom stereocenters. The first-order valence-corrected chi connectivity index (χ1v) is 10.4. The molecule has 0 bridgehead atoms. The van der Waals surface area contributed by atoms with Crippen LogP contribution in [-0.2, 0) is 17.5 Å². The van der Waals surface area contributed by atoms with Crippen LogP contribution < -0.4 is 16.0 Å². The van der Waals surface area contributed by atoms with Crippen molar-refractivity contribution >= 4 is 5.91 Å². The number of amides is 1. The summed E-state index contributed by atoms with van der Waals surface area (Å²) in [5.74, 6) is 0.332. The Kier molecular flexibility index (Phi) is 7.19. The number of hydrogen-bond donors (Lipinski definition) is 3. The zero-order valence-electron chi connectivity index (χ0n) is 17.1. The molecule has 162 valence electrons. The number of likely N-dealkylation sites (tertiary alicyclic amines) is 1. The van der Waals surface area contributed by atoms with Crippen LogP contribution in [0.5, 0.6) is 0 Å². The molecule has 0 spiro atoms. The molecule has 3 rings (SSSR count). The van der Waals surface area contributed by atoms with E-state index in [1.54, 1.807) is 6.07 Å². The zero-order valence-corrected chi connectivity index (χ0v) is 17.1. The highest BCUT2D eigenvalue weighted by molar-refractivity contribution is 5.78. The molecule has 0 aromatic heterocycles. The lowest BCUT2D eigenvalue weighted by molar-refractivity contribution is -0.138. The van der Waals surface area contributed by atoms with Crippen LogP contribution in [0.15, 0.2) is 24.3 Å². The van der Waals surface area contributed by atoms with Gasteiger partial charge in [-0.2, -0.15) is 13.2 Å². The molecular weight excluding hydrogens is 381 g/mol. The molecule has 1 aromatic carbocycles. The molecule has 2 saturated heterocycles. The number of halogens is 3. The van der Waals surface area contributed by atoms with Gasteiger partial charge in [0.1, 0.15) is 0 Å². The van der Waals surface area contributed by atoms with E-state index in [1.165, 1.54) is 12.1 Å². The van der Waals surface area contributed by atoms with Gasteiger partial charge in [0.05, 0.1) is 17.9 Å². The van der Waals surface area contributed by atoms with Crippen LogP contribution in [0.2, 0.25) is 0 Å². The predicted molar refractivity (Wildman–Crippen MR) is 106 cm³/mol. The van der Waals surface area contributed by atoms with Crippen LogP contribution in [0.3, 0.4) is 0 Å². The lowest BCUT2D eigenvalue weighted by Gasteiger charge is -2.43. The fraction of sp³-hybridized carbons (Fsp3) is 0.667. The summed E-state index contributed by atoms with van der Waals surface area (Å²) < 4.78 is 39.3. The van der Waals surface area contributed by atoms with Gasteiger partial charge < -0.3 is 10.6 Å². The number of alkyl halides is 3. The topological polar surface area (TPSA) is 56.4 Å². The molecule has 2 aliphatic heterocycles. The summed E-state index contributed by atoms with van der Waals surface area (Å²) in [6, 6.07) is 5.39. The van der Waals surface area contributed by atoms with Crippen molar-refractivity contribution in [3.8, 4) is 0 Å². The first-order chi connectivity index (χ1) is 13.8. The Morgan fingerprint density at radius 3 is 2.55 bits per heavy atom. The van der Waals surface area contributed by atoms with Gasteiger partial charge in [-0.3, -0.25) is 15.0 Å². The van der Waals surface area contributed by atoms with E-state index in [4.69, 9.17) is 0 Å². The lowest BCUT2D eigenvalue weighted by Crippen LogP contribution is -2.59. The number of nitrogens with one attached hydrogen (secondary N) is 3. The zero-order chi connectivity index (χ0) is 21.0. The van der Waals surface area contributed by atoms with Gasteiger partial charge in [0.25, 0.3) is 0 Å². The Morgan fingerprint density at radius 2 is 1.90 bits per heavy atom. The molecule has 8 heteroatoms. The quantitative estimate of drug-likeness (QED) is 0.696. The fourth-order valence-corrected chi connectivity index (χ4v) is 4.45. The SMILES string of the molecule is CNC1CC(C)CC(N2CCC(C(=O)NCc3ccccc3C(F)(F)F)CC2)N1. The number of carbonyl (C=O) groups is 1. The van der Waals surface area contributed by atoms with Crippen LogP contribution in [0.1, 0.15) is 43.7 Å². The molecule has 2 fully saturated rings. The maximum absolute atomic E-state index is 13.1. The molecule has 2 aliphatic rings. The standard InChI is InChI=1S/C21H31F3N4O/c1-14-11-18(25-2)27-19(12-14)28-9-7-15(8-10-28)20(29)26-13-16-5-3-4-6-17(16)21(22,23)24/h3-6,14-15,18-19,25,27H,7-13H2,1-2H3,(H,26,29). The molecule has 1 amide bonds. The Morgan fingerprint density at radius 1 is 1.21 bits per heavy atom. The first kappa shape index (κ1) is 22.1. The van der Waals surface area contributed by atoms with Gasteiger partial charge in [-0.25, -0.2) is 0 Å². The highest BCUT2D eigenvalue weighted by Crippen LogP contribution is 2.32. The van der Waals surface area contributed by atoms with Crippen molar-refractivity contribution in [1.82, 2.24) is 20.9 Å². The maximum atomic E-state index is 13.1. The average Bonchev–Trinajstić information content (AvgIpc) is 2.71. The average molecular weight is 413 g/mol. The minimum absolute atomic E-state index is 0.0969. The molecule has 1 aromatic rings. The Labute approximate surface area is 170 Å². The molecule has 0 aliphatic carbocycles. The van der Waals surface area contributed by atoms with Crippen molar-refractivity contribution < 1.29 is 18.0 Å². The number of piperidine rings is 2. The highest BCUT2D eigenvalue weighted by atomic mass is 19.4. The second-order valence-electron chi connectivity index (χ2n) is 8.28. The van der Waals surface area contributed by atoms with Crippen molar-refractivity contribution in [2.75, 3.05) is 20.1 Å². The Hall–Kier alpha value is -1.64. The van der Waals surface area contributed by atoms with Gasteiger partial charge in [-0.05, 0) is 50.3 Å². The predicted octanol–water partition coefficient (Wildman–Crippen LogP) is 2.92. The van der Waals surface area contributed by atoms with Crippen LogP contribution in [0.25, 0.3) is 0 Å². The molecule has 29 heavy (non-hydrogen) atoms. The largest absolute Gasteiger partial charge is 0.416 e. The van der Waals surface area contributed by atoms with Gasteiger partial charge >= 0.3 is 6.18 Å². The number of rotatable bonds is 5. The minimum Gasteiger partial charge on any atom is -0.352 e. The van der Waals surface area contributed by atoms with Crippen molar-refractivity contribution in [3.63, 3.8) is 0 Å². The van der Waals surface area contributed by atoms with E-state index in [1.807, 2.05) is 7.05 Å². The lowest BCUT2D eigenvalue weighted by atomic mass is 9.91. The second-order valence-corrected chi connectivity index (χ2v) is 8.28. The van der Waals surface area contributed by atoms with Crippen molar-refractivity contribution in [2.24, 2.45) is 11.8 Å². The maximum Gasteiger partial charge on any atom is 0.416 e. The van der Waals surface area contributed by atoms with Gasteiger partial charge in [0, 0.05) is 25.6 Å². The number of nitrogens with zero attached hydrogens (tertiary/aromatic N) is 1. The first-order valence-electron chi connectivity index (χ1n) is 10.4. The van der Waals surface area contributed by atoms with Crippen molar-refractivity contribution in [3.05, 3.63) is 35.4 Å². The third kappa shape index (κ3) is 5.71. The van der Waals surface area contributed by atoms with E-state index in [9.17, 15) is 18.0 Å². The van der Waals surface area contributed by atoms with E-state index in [-0.39, 0.29) is 23.9 Å². The van der Waals surface area contributed by atoms with E-state index in [0.717, 1.165) is 44.8 Å². The van der Waals surface area contributed by atoms with Crippen LogP contribution >= 0.6 is 0 Å². The molecule has 2 heterocycles. The minimum atomic E-state index is -4.41. The Balaban J connectivity index is 1.50. The normalized spacial score (nSPS) is 27.0. The fourth-order valence-electron chi connectivity index (χ4n) is 4.45. The summed E-state index contributed by atoms with van der Waals surface area (Å²) in [7, 11) is 1.96.